The zero-order chi connectivity index (χ0) is 15.0. The molecule has 0 amide bonds. The van der Waals surface area contributed by atoms with Crippen molar-refractivity contribution in [3.8, 4) is 5.69 Å². The number of benzene rings is 1. The molecule has 1 aliphatic rings. The maximum absolute atomic E-state index is 13.1. The number of nitrogens with zero attached hydrogens (tertiary/aromatic N) is 2. The van der Waals surface area contributed by atoms with Crippen LogP contribution in [0, 0.1) is 18.7 Å². The Kier molecular flexibility index (Phi) is 3.53. The number of halogens is 1. The van der Waals surface area contributed by atoms with Crippen molar-refractivity contribution in [2.75, 3.05) is 7.11 Å². The standard InChI is InChI=1S/C17H19FN2O/c1-11-8-16(19-21-3)15-10-12(2)20(17(15)9-11)14-6-4-13(18)5-7-14/h4-7,10-11H,8-9H2,1-3H3/b19-16+/t11-/m1/s1. The van der Waals surface area contributed by atoms with Crippen LogP contribution in [0.1, 0.15) is 30.3 Å². The van der Waals surface area contributed by atoms with E-state index in [2.05, 4.69) is 29.6 Å². The van der Waals surface area contributed by atoms with Gasteiger partial charge in [0.2, 0.25) is 0 Å². The van der Waals surface area contributed by atoms with Crippen molar-refractivity contribution < 1.29 is 9.23 Å². The van der Waals surface area contributed by atoms with Gasteiger partial charge in [-0.1, -0.05) is 12.1 Å². The maximum Gasteiger partial charge on any atom is 0.123 e. The number of hydrogen-bond acceptors (Lipinski definition) is 2. The Balaban J connectivity index is 2.16. The van der Waals surface area contributed by atoms with Gasteiger partial charge in [-0.25, -0.2) is 4.39 Å². The highest BCUT2D eigenvalue weighted by molar-refractivity contribution is 6.02. The fourth-order valence-corrected chi connectivity index (χ4v) is 3.13. The number of oxime groups is 1. The summed E-state index contributed by atoms with van der Waals surface area (Å²) in [7, 11) is 1.58. The number of aromatic nitrogens is 1. The lowest BCUT2D eigenvalue weighted by Gasteiger charge is -2.22. The van der Waals surface area contributed by atoms with Crippen LogP contribution < -0.4 is 0 Å². The lowest BCUT2D eigenvalue weighted by atomic mass is 9.87. The lowest BCUT2D eigenvalue weighted by Crippen LogP contribution is -2.20. The Labute approximate surface area is 124 Å². The van der Waals surface area contributed by atoms with E-state index in [1.807, 2.05) is 12.1 Å². The van der Waals surface area contributed by atoms with Gasteiger partial charge in [0.05, 0.1) is 5.71 Å². The number of aryl methyl sites for hydroxylation is 1. The molecule has 1 atom stereocenters. The molecule has 3 rings (SSSR count). The van der Waals surface area contributed by atoms with Gasteiger partial charge in [0.25, 0.3) is 0 Å². The highest BCUT2D eigenvalue weighted by atomic mass is 19.1. The first-order chi connectivity index (χ1) is 10.1. The zero-order valence-corrected chi connectivity index (χ0v) is 12.6. The SMILES string of the molecule is CO/N=C1\C[C@@H](C)Cc2c1cc(C)n2-c1ccc(F)cc1. The molecule has 0 saturated carbocycles. The molecule has 0 aliphatic heterocycles. The predicted molar refractivity (Wildman–Crippen MR) is 81.5 cm³/mol. The Morgan fingerprint density at radius 1 is 1.24 bits per heavy atom. The van der Waals surface area contributed by atoms with Gasteiger partial charge < -0.3 is 9.40 Å². The van der Waals surface area contributed by atoms with E-state index in [1.165, 1.54) is 17.8 Å². The third-order valence-electron chi connectivity index (χ3n) is 3.97. The molecule has 0 unspecified atom stereocenters. The second kappa shape index (κ2) is 5.35. The van der Waals surface area contributed by atoms with Crippen molar-refractivity contribution in [3.63, 3.8) is 0 Å². The second-order valence-electron chi connectivity index (χ2n) is 5.69. The van der Waals surface area contributed by atoms with Crippen molar-refractivity contribution in [3.05, 3.63) is 53.1 Å². The van der Waals surface area contributed by atoms with E-state index in [-0.39, 0.29) is 5.82 Å². The minimum absolute atomic E-state index is 0.215. The quantitative estimate of drug-likeness (QED) is 0.770. The van der Waals surface area contributed by atoms with Crippen LogP contribution in [0.5, 0.6) is 0 Å². The molecule has 4 heteroatoms. The molecule has 0 N–H and O–H groups in total. The molecule has 1 aliphatic carbocycles. The Bertz CT molecular complexity index is 686. The van der Waals surface area contributed by atoms with E-state index in [9.17, 15) is 4.39 Å². The van der Waals surface area contributed by atoms with Gasteiger partial charge in [0.15, 0.2) is 0 Å². The average molecular weight is 286 g/mol. The van der Waals surface area contributed by atoms with E-state index < -0.39 is 0 Å². The van der Waals surface area contributed by atoms with Crippen molar-refractivity contribution in [2.45, 2.75) is 26.7 Å². The molecule has 0 spiro atoms. The first-order valence-corrected chi connectivity index (χ1v) is 7.17. The van der Waals surface area contributed by atoms with Crippen LogP contribution in [0.2, 0.25) is 0 Å². The monoisotopic (exact) mass is 286 g/mol. The van der Waals surface area contributed by atoms with Crippen LogP contribution in [0.15, 0.2) is 35.5 Å². The summed E-state index contributed by atoms with van der Waals surface area (Å²) in [6.07, 6.45) is 1.91. The Hall–Kier alpha value is -2.10. The summed E-state index contributed by atoms with van der Waals surface area (Å²) in [5.74, 6) is 0.298. The van der Waals surface area contributed by atoms with Crippen LogP contribution in [-0.2, 0) is 11.3 Å². The molecule has 21 heavy (non-hydrogen) atoms. The maximum atomic E-state index is 13.1. The summed E-state index contributed by atoms with van der Waals surface area (Å²) in [6.45, 7) is 4.28. The van der Waals surface area contributed by atoms with E-state index in [1.54, 1.807) is 7.11 Å². The molecule has 110 valence electrons. The van der Waals surface area contributed by atoms with E-state index in [0.717, 1.165) is 35.5 Å². The summed E-state index contributed by atoms with van der Waals surface area (Å²) in [4.78, 5) is 4.99. The van der Waals surface area contributed by atoms with E-state index in [4.69, 9.17) is 4.84 Å². The molecular formula is C17H19FN2O. The lowest BCUT2D eigenvalue weighted by molar-refractivity contribution is 0.212. The third kappa shape index (κ3) is 2.46. The van der Waals surface area contributed by atoms with Gasteiger partial charge in [-0.05, 0) is 56.0 Å². The normalized spacial score (nSPS) is 19.6. The first kappa shape index (κ1) is 13.9. The molecule has 1 aromatic carbocycles. The highest BCUT2D eigenvalue weighted by Gasteiger charge is 2.26. The summed E-state index contributed by atoms with van der Waals surface area (Å²) in [6, 6.07) is 8.77. The average Bonchev–Trinajstić information content (AvgIpc) is 2.77. The molecule has 3 nitrogen and oxygen atoms in total. The predicted octanol–water partition coefficient (Wildman–Crippen LogP) is 3.86. The molecule has 2 aromatic rings. The number of hydrogen-bond donors (Lipinski definition) is 0. The van der Waals surface area contributed by atoms with Gasteiger partial charge >= 0.3 is 0 Å². The minimum atomic E-state index is -0.215. The summed E-state index contributed by atoms with van der Waals surface area (Å²) >= 11 is 0. The molecule has 0 radical (unpaired) electrons. The van der Waals surface area contributed by atoms with Crippen molar-refractivity contribution in [1.29, 1.82) is 0 Å². The van der Waals surface area contributed by atoms with Gasteiger partial charge in [-0.3, -0.25) is 0 Å². The van der Waals surface area contributed by atoms with Crippen molar-refractivity contribution in [1.82, 2.24) is 4.57 Å². The van der Waals surface area contributed by atoms with Gasteiger partial charge in [-0.2, -0.15) is 0 Å². The summed E-state index contributed by atoms with van der Waals surface area (Å²) < 4.78 is 15.3. The molecule has 1 heterocycles. The van der Waals surface area contributed by atoms with Crippen LogP contribution in [0.4, 0.5) is 4.39 Å². The van der Waals surface area contributed by atoms with Gasteiger partial charge in [0.1, 0.15) is 12.9 Å². The Morgan fingerprint density at radius 3 is 2.62 bits per heavy atom. The smallest absolute Gasteiger partial charge is 0.123 e. The van der Waals surface area contributed by atoms with Gasteiger partial charge in [-0.15, -0.1) is 0 Å². The zero-order valence-electron chi connectivity index (χ0n) is 12.6. The number of fused-ring (bicyclic) bond motifs is 1. The summed E-state index contributed by atoms with van der Waals surface area (Å²) in [5, 5.41) is 4.18. The topological polar surface area (TPSA) is 26.5 Å². The Morgan fingerprint density at radius 2 is 1.95 bits per heavy atom. The van der Waals surface area contributed by atoms with Crippen LogP contribution in [0.25, 0.3) is 5.69 Å². The fourth-order valence-electron chi connectivity index (χ4n) is 3.13. The third-order valence-corrected chi connectivity index (χ3v) is 3.97. The first-order valence-electron chi connectivity index (χ1n) is 7.17. The van der Waals surface area contributed by atoms with Crippen molar-refractivity contribution >= 4 is 5.71 Å². The minimum Gasteiger partial charge on any atom is -0.399 e. The van der Waals surface area contributed by atoms with E-state index >= 15 is 0 Å². The van der Waals surface area contributed by atoms with Crippen molar-refractivity contribution in [2.24, 2.45) is 11.1 Å². The molecule has 1 aromatic heterocycles. The second-order valence-corrected chi connectivity index (χ2v) is 5.69. The van der Waals surface area contributed by atoms with Crippen LogP contribution >= 0.6 is 0 Å². The molecule has 0 bridgehead atoms. The molecule has 0 saturated heterocycles. The van der Waals surface area contributed by atoms with E-state index in [0.29, 0.717) is 5.92 Å². The van der Waals surface area contributed by atoms with Crippen LogP contribution in [-0.4, -0.2) is 17.4 Å². The van der Waals surface area contributed by atoms with Gasteiger partial charge in [0, 0.05) is 22.6 Å². The number of rotatable bonds is 2. The highest BCUT2D eigenvalue weighted by Crippen LogP contribution is 2.31. The fraction of sp³-hybridized carbons (Fsp3) is 0.353. The largest absolute Gasteiger partial charge is 0.399 e. The molecular weight excluding hydrogens is 267 g/mol. The summed E-state index contributed by atoms with van der Waals surface area (Å²) in [5.41, 5.74) is 5.49. The molecule has 0 fully saturated rings. The van der Waals surface area contributed by atoms with Crippen LogP contribution in [0.3, 0.4) is 0 Å².